The highest BCUT2D eigenvalue weighted by atomic mass is 16.5. The minimum atomic E-state index is -0.307. The molecule has 5 nitrogen and oxygen atoms in total. The van der Waals surface area contributed by atoms with Gasteiger partial charge in [0.2, 0.25) is 0 Å². The van der Waals surface area contributed by atoms with Crippen LogP contribution in [0.4, 0.5) is 5.82 Å². The second-order valence-electron chi connectivity index (χ2n) is 5.32. The molecule has 116 valence electrons. The Morgan fingerprint density at radius 2 is 2.33 bits per heavy atom. The van der Waals surface area contributed by atoms with Gasteiger partial charge >= 0.3 is 5.97 Å². The normalized spacial score (nSPS) is 18.3. The van der Waals surface area contributed by atoms with Gasteiger partial charge in [0, 0.05) is 25.3 Å². The summed E-state index contributed by atoms with van der Waals surface area (Å²) in [5.74, 6) is 0.636. The summed E-state index contributed by atoms with van der Waals surface area (Å²) >= 11 is 0. The van der Waals surface area contributed by atoms with E-state index in [0.29, 0.717) is 18.2 Å². The quantitative estimate of drug-likeness (QED) is 0.815. The molecular weight excluding hydrogens is 266 g/mol. The predicted octanol–water partition coefficient (Wildman–Crippen LogP) is 2.23. The van der Waals surface area contributed by atoms with Crippen molar-refractivity contribution in [3.63, 3.8) is 0 Å². The van der Waals surface area contributed by atoms with E-state index in [4.69, 9.17) is 4.74 Å². The molecule has 1 fully saturated rings. The van der Waals surface area contributed by atoms with Crippen molar-refractivity contribution in [2.24, 2.45) is 0 Å². The summed E-state index contributed by atoms with van der Waals surface area (Å²) in [5.41, 5.74) is 0.513. The highest BCUT2D eigenvalue weighted by molar-refractivity contribution is 5.89. The van der Waals surface area contributed by atoms with E-state index in [9.17, 15) is 4.79 Å². The number of piperidine rings is 1. The lowest BCUT2D eigenvalue weighted by molar-refractivity contribution is 0.0526. The third-order valence-electron chi connectivity index (χ3n) is 3.73. The van der Waals surface area contributed by atoms with Gasteiger partial charge in [-0.25, -0.2) is 9.78 Å². The number of carbonyl (C=O) groups excluding carboxylic acids is 1. The smallest absolute Gasteiger partial charge is 0.339 e. The van der Waals surface area contributed by atoms with Crippen molar-refractivity contribution >= 4 is 11.8 Å². The Labute approximate surface area is 126 Å². The van der Waals surface area contributed by atoms with Crippen molar-refractivity contribution in [2.75, 3.05) is 31.1 Å². The van der Waals surface area contributed by atoms with Crippen molar-refractivity contribution in [1.29, 1.82) is 0 Å². The molecule has 1 saturated heterocycles. The van der Waals surface area contributed by atoms with Gasteiger partial charge in [0.25, 0.3) is 0 Å². The molecule has 0 saturated carbocycles. The molecule has 1 atom stereocenters. The molecule has 1 aliphatic rings. The molecule has 0 bridgehead atoms. The first-order chi connectivity index (χ1) is 10.3. The van der Waals surface area contributed by atoms with Crippen LogP contribution in [0.3, 0.4) is 0 Å². The second-order valence-corrected chi connectivity index (χ2v) is 5.32. The number of rotatable bonds is 6. The van der Waals surface area contributed by atoms with Gasteiger partial charge in [0.15, 0.2) is 0 Å². The van der Waals surface area contributed by atoms with Crippen LogP contribution in [-0.2, 0) is 4.74 Å². The lowest BCUT2D eigenvalue weighted by Gasteiger charge is -2.35. The molecule has 1 aliphatic heterocycles. The maximum atomic E-state index is 11.7. The van der Waals surface area contributed by atoms with Gasteiger partial charge in [-0.1, -0.05) is 6.92 Å². The number of nitrogens with zero attached hydrogens (tertiary/aromatic N) is 2. The van der Waals surface area contributed by atoms with Crippen LogP contribution >= 0.6 is 0 Å². The van der Waals surface area contributed by atoms with Gasteiger partial charge in [0.05, 0.1) is 12.2 Å². The molecule has 0 spiro atoms. The van der Waals surface area contributed by atoms with E-state index in [0.717, 1.165) is 31.9 Å². The molecule has 2 heterocycles. The fraction of sp³-hybridized carbons (Fsp3) is 0.625. The summed E-state index contributed by atoms with van der Waals surface area (Å²) in [6.45, 7) is 7.45. The van der Waals surface area contributed by atoms with Gasteiger partial charge in [-0.3, -0.25) is 0 Å². The SMILES string of the molecule is CCCN(c1ccc(C(=O)OCC)cn1)C1CCCNC1. The fourth-order valence-corrected chi connectivity index (χ4v) is 2.72. The van der Waals surface area contributed by atoms with E-state index >= 15 is 0 Å². The molecule has 0 amide bonds. The van der Waals surface area contributed by atoms with Crippen molar-refractivity contribution in [3.8, 4) is 0 Å². The zero-order valence-corrected chi connectivity index (χ0v) is 13.0. The third kappa shape index (κ3) is 4.17. The van der Waals surface area contributed by atoms with Gasteiger partial charge in [-0.05, 0) is 44.9 Å². The molecule has 0 radical (unpaired) electrons. The highest BCUT2D eigenvalue weighted by Crippen LogP contribution is 2.19. The van der Waals surface area contributed by atoms with Crippen molar-refractivity contribution < 1.29 is 9.53 Å². The van der Waals surface area contributed by atoms with Crippen LogP contribution in [0.15, 0.2) is 18.3 Å². The first kappa shape index (κ1) is 15.8. The number of hydrogen-bond donors (Lipinski definition) is 1. The third-order valence-corrected chi connectivity index (χ3v) is 3.73. The maximum Gasteiger partial charge on any atom is 0.339 e. The molecule has 1 aromatic rings. The number of aromatic nitrogens is 1. The predicted molar refractivity (Wildman–Crippen MR) is 83.7 cm³/mol. The zero-order valence-electron chi connectivity index (χ0n) is 13.0. The van der Waals surface area contributed by atoms with Crippen LogP contribution in [0, 0.1) is 0 Å². The number of nitrogens with one attached hydrogen (secondary N) is 1. The lowest BCUT2D eigenvalue weighted by Crippen LogP contribution is -2.46. The number of pyridine rings is 1. The lowest BCUT2D eigenvalue weighted by atomic mass is 10.1. The Bertz CT molecular complexity index is 441. The molecule has 0 aliphatic carbocycles. The van der Waals surface area contributed by atoms with Crippen molar-refractivity contribution in [1.82, 2.24) is 10.3 Å². The van der Waals surface area contributed by atoms with Crippen molar-refractivity contribution in [3.05, 3.63) is 23.9 Å². The summed E-state index contributed by atoms with van der Waals surface area (Å²) in [6, 6.07) is 4.22. The topological polar surface area (TPSA) is 54.5 Å². The Morgan fingerprint density at radius 3 is 2.90 bits per heavy atom. The average Bonchev–Trinajstić information content (AvgIpc) is 2.54. The van der Waals surface area contributed by atoms with E-state index in [2.05, 4.69) is 22.1 Å². The van der Waals surface area contributed by atoms with Crippen LogP contribution < -0.4 is 10.2 Å². The zero-order chi connectivity index (χ0) is 15.1. The number of esters is 1. The summed E-state index contributed by atoms with van der Waals surface area (Å²) in [4.78, 5) is 18.5. The van der Waals surface area contributed by atoms with E-state index in [1.807, 2.05) is 6.07 Å². The molecule has 1 unspecified atom stereocenters. The first-order valence-electron chi connectivity index (χ1n) is 7.86. The van der Waals surface area contributed by atoms with Crippen molar-refractivity contribution in [2.45, 2.75) is 39.2 Å². The summed E-state index contributed by atoms with van der Waals surface area (Å²) < 4.78 is 4.99. The average molecular weight is 291 g/mol. The second kappa shape index (κ2) is 7.98. The minimum absolute atomic E-state index is 0.307. The summed E-state index contributed by atoms with van der Waals surface area (Å²) in [6.07, 6.45) is 5.09. The Kier molecular flexibility index (Phi) is 5.99. The monoisotopic (exact) mass is 291 g/mol. The Morgan fingerprint density at radius 1 is 1.48 bits per heavy atom. The van der Waals surface area contributed by atoms with Crippen LogP contribution in [0.1, 0.15) is 43.5 Å². The Balaban J connectivity index is 2.10. The van der Waals surface area contributed by atoms with E-state index < -0.39 is 0 Å². The van der Waals surface area contributed by atoms with Crippen LogP contribution in [0.5, 0.6) is 0 Å². The molecule has 21 heavy (non-hydrogen) atoms. The maximum absolute atomic E-state index is 11.7. The largest absolute Gasteiger partial charge is 0.462 e. The molecule has 0 aromatic carbocycles. The fourth-order valence-electron chi connectivity index (χ4n) is 2.72. The van der Waals surface area contributed by atoms with E-state index in [1.165, 1.54) is 12.8 Å². The molecule has 2 rings (SSSR count). The molecule has 1 N–H and O–H groups in total. The van der Waals surface area contributed by atoms with Gasteiger partial charge < -0.3 is 15.0 Å². The summed E-state index contributed by atoms with van der Waals surface area (Å²) in [5, 5.41) is 3.45. The summed E-state index contributed by atoms with van der Waals surface area (Å²) in [7, 11) is 0. The van der Waals surface area contributed by atoms with Crippen LogP contribution in [-0.4, -0.2) is 43.2 Å². The number of ether oxygens (including phenoxy) is 1. The van der Waals surface area contributed by atoms with Gasteiger partial charge in [-0.2, -0.15) is 0 Å². The molecule has 1 aromatic heterocycles. The number of hydrogen-bond acceptors (Lipinski definition) is 5. The Hall–Kier alpha value is -1.62. The molecule has 5 heteroatoms. The molecular formula is C16H25N3O2. The highest BCUT2D eigenvalue weighted by Gasteiger charge is 2.21. The van der Waals surface area contributed by atoms with Crippen LogP contribution in [0.25, 0.3) is 0 Å². The van der Waals surface area contributed by atoms with Gasteiger partial charge in [0.1, 0.15) is 5.82 Å². The standard InChI is InChI=1S/C16H25N3O2/c1-3-10-19(14-6-5-9-17-12-14)15-8-7-13(11-18-15)16(20)21-4-2/h7-8,11,14,17H,3-6,9-10,12H2,1-2H3. The number of anilines is 1. The van der Waals surface area contributed by atoms with Gasteiger partial charge in [-0.15, -0.1) is 0 Å². The van der Waals surface area contributed by atoms with E-state index in [1.54, 1.807) is 19.2 Å². The van der Waals surface area contributed by atoms with E-state index in [-0.39, 0.29) is 5.97 Å². The number of carbonyl (C=O) groups is 1. The minimum Gasteiger partial charge on any atom is -0.462 e. The van der Waals surface area contributed by atoms with Crippen LogP contribution in [0.2, 0.25) is 0 Å². The first-order valence-corrected chi connectivity index (χ1v) is 7.86.